The Morgan fingerprint density at radius 2 is 1.95 bits per heavy atom. The summed E-state index contributed by atoms with van der Waals surface area (Å²) < 4.78 is 0. The van der Waals surface area contributed by atoms with Gasteiger partial charge in [-0.1, -0.05) is 49.6 Å². The van der Waals surface area contributed by atoms with Crippen molar-refractivity contribution in [1.82, 2.24) is 10.4 Å². The second-order valence-electron chi connectivity index (χ2n) is 5.93. The third-order valence-electron chi connectivity index (χ3n) is 4.82. The smallest absolute Gasteiger partial charge is 0.0941 e. The maximum atomic E-state index is 5.97. The predicted octanol–water partition coefficient (Wildman–Crippen LogP) is 3.42. The monoisotopic (exact) mass is 301 g/mol. The second kappa shape index (κ2) is 6.69. The minimum atomic E-state index is 0.139. The normalized spacial score (nSPS) is 19.3. The van der Waals surface area contributed by atoms with E-state index in [0.29, 0.717) is 0 Å². The van der Waals surface area contributed by atoms with Crippen molar-refractivity contribution in [3.8, 4) is 0 Å². The number of nitrogens with two attached hydrogens (primary N) is 1. The molecule has 1 aromatic heterocycles. The first-order chi connectivity index (χ1) is 10.3. The van der Waals surface area contributed by atoms with Crippen LogP contribution in [-0.2, 0) is 11.8 Å². The zero-order valence-corrected chi connectivity index (χ0v) is 13.1. The highest BCUT2D eigenvalue weighted by atomic mass is 32.1. The highest BCUT2D eigenvalue weighted by molar-refractivity contribution is 7.09. The Kier molecular flexibility index (Phi) is 4.68. The molecule has 21 heavy (non-hydrogen) atoms. The molecule has 1 heterocycles. The SMILES string of the molecule is NNC(Cc1nccs1)C1(c2ccccc2)CCCCC1. The van der Waals surface area contributed by atoms with E-state index in [4.69, 9.17) is 5.84 Å². The number of hydrazine groups is 1. The molecule has 3 nitrogen and oxygen atoms in total. The maximum Gasteiger partial charge on any atom is 0.0941 e. The molecular formula is C17H23N3S. The van der Waals surface area contributed by atoms with Gasteiger partial charge in [-0.05, 0) is 18.4 Å². The lowest BCUT2D eigenvalue weighted by atomic mass is 9.64. The number of nitrogens with zero attached hydrogens (tertiary/aromatic N) is 1. The minimum absolute atomic E-state index is 0.139. The van der Waals surface area contributed by atoms with Gasteiger partial charge >= 0.3 is 0 Å². The van der Waals surface area contributed by atoms with Crippen molar-refractivity contribution in [2.75, 3.05) is 0 Å². The summed E-state index contributed by atoms with van der Waals surface area (Å²) in [6.07, 6.45) is 9.10. The van der Waals surface area contributed by atoms with Crippen LogP contribution in [-0.4, -0.2) is 11.0 Å². The fourth-order valence-electron chi connectivity index (χ4n) is 3.73. The van der Waals surface area contributed by atoms with E-state index >= 15 is 0 Å². The molecule has 3 N–H and O–H groups in total. The first-order valence-corrected chi connectivity index (χ1v) is 8.63. The van der Waals surface area contributed by atoms with E-state index in [1.807, 2.05) is 11.6 Å². The lowest BCUT2D eigenvalue weighted by Gasteiger charge is -2.44. The van der Waals surface area contributed by atoms with Crippen LogP contribution in [0.5, 0.6) is 0 Å². The Morgan fingerprint density at radius 1 is 1.19 bits per heavy atom. The van der Waals surface area contributed by atoms with E-state index in [1.165, 1.54) is 42.7 Å². The molecule has 112 valence electrons. The molecular weight excluding hydrogens is 278 g/mol. The van der Waals surface area contributed by atoms with Crippen LogP contribution in [0.3, 0.4) is 0 Å². The van der Waals surface area contributed by atoms with Crippen molar-refractivity contribution >= 4 is 11.3 Å². The number of hydrogen-bond acceptors (Lipinski definition) is 4. The van der Waals surface area contributed by atoms with Crippen LogP contribution in [0.25, 0.3) is 0 Å². The van der Waals surface area contributed by atoms with Gasteiger partial charge in [-0.3, -0.25) is 11.3 Å². The molecule has 0 aliphatic heterocycles. The molecule has 1 fully saturated rings. The van der Waals surface area contributed by atoms with Crippen molar-refractivity contribution in [3.05, 3.63) is 52.5 Å². The summed E-state index contributed by atoms with van der Waals surface area (Å²) in [5.41, 5.74) is 4.68. The van der Waals surface area contributed by atoms with E-state index < -0.39 is 0 Å². The van der Waals surface area contributed by atoms with Crippen LogP contribution < -0.4 is 11.3 Å². The van der Waals surface area contributed by atoms with Gasteiger partial charge in [0.15, 0.2) is 0 Å². The predicted molar refractivity (Wildman–Crippen MR) is 88.1 cm³/mol. The highest BCUT2D eigenvalue weighted by Gasteiger charge is 2.41. The van der Waals surface area contributed by atoms with E-state index in [2.05, 4.69) is 40.7 Å². The first-order valence-electron chi connectivity index (χ1n) is 7.75. The van der Waals surface area contributed by atoms with Crippen molar-refractivity contribution in [3.63, 3.8) is 0 Å². The van der Waals surface area contributed by atoms with Crippen LogP contribution in [0.4, 0.5) is 0 Å². The number of nitrogens with one attached hydrogen (secondary N) is 1. The van der Waals surface area contributed by atoms with Crippen LogP contribution >= 0.6 is 11.3 Å². The molecule has 1 aromatic carbocycles. The fraction of sp³-hybridized carbons (Fsp3) is 0.471. The average molecular weight is 301 g/mol. The summed E-state index contributed by atoms with van der Waals surface area (Å²) in [6, 6.07) is 11.1. The minimum Gasteiger partial charge on any atom is -0.271 e. The Labute approximate surface area is 130 Å². The van der Waals surface area contributed by atoms with Gasteiger partial charge in [0.2, 0.25) is 0 Å². The number of hydrogen-bond donors (Lipinski definition) is 2. The number of rotatable bonds is 5. The van der Waals surface area contributed by atoms with Crippen molar-refractivity contribution in [2.24, 2.45) is 5.84 Å². The molecule has 1 aliphatic rings. The van der Waals surface area contributed by atoms with Crippen molar-refractivity contribution in [2.45, 2.75) is 50.0 Å². The molecule has 0 amide bonds. The fourth-order valence-corrected chi connectivity index (χ4v) is 4.40. The van der Waals surface area contributed by atoms with Gasteiger partial charge < -0.3 is 0 Å². The molecule has 1 aliphatic carbocycles. The number of thiazole rings is 1. The van der Waals surface area contributed by atoms with Crippen LogP contribution in [0.2, 0.25) is 0 Å². The summed E-state index contributed by atoms with van der Waals surface area (Å²) in [6.45, 7) is 0. The van der Waals surface area contributed by atoms with Crippen LogP contribution in [0, 0.1) is 0 Å². The Balaban J connectivity index is 1.93. The first kappa shape index (κ1) is 14.7. The molecule has 3 rings (SSSR count). The van der Waals surface area contributed by atoms with E-state index in [-0.39, 0.29) is 11.5 Å². The van der Waals surface area contributed by atoms with Gasteiger partial charge in [0.1, 0.15) is 0 Å². The van der Waals surface area contributed by atoms with Gasteiger partial charge in [0.05, 0.1) is 5.01 Å². The maximum absolute atomic E-state index is 5.97. The zero-order chi connectivity index (χ0) is 14.5. The molecule has 1 atom stereocenters. The summed E-state index contributed by atoms with van der Waals surface area (Å²) >= 11 is 1.72. The quantitative estimate of drug-likeness (QED) is 0.657. The second-order valence-corrected chi connectivity index (χ2v) is 6.91. The molecule has 1 saturated carbocycles. The highest BCUT2D eigenvalue weighted by Crippen LogP contribution is 2.43. The zero-order valence-electron chi connectivity index (χ0n) is 12.3. The lowest BCUT2D eigenvalue weighted by molar-refractivity contribution is 0.211. The molecule has 0 saturated heterocycles. The summed E-state index contributed by atoms with van der Waals surface area (Å²) in [5, 5.41) is 3.21. The molecule has 0 radical (unpaired) electrons. The van der Waals surface area contributed by atoms with Crippen molar-refractivity contribution in [1.29, 1.82) is 0 Å². The average Bonchev–Trinajstić information content (AvgIpc) is 3.07. The number of benzene rings is 1. The van der Waals surface area contributed by atoms with Gasteiger partial charge in [-0.2, -0.15) is 0 Å². The van der Waals surface area contributed by atoms with E-state index in [1.54, 1.807) is 11.3 Å². The van der Waals surface area contributed by atoms with E-state index in [0.717, 1.165) is 6.42 Å². The molecule has 1 unspecified atom stereocenters. The summed E-state index contributed by atoms with van der Waals surface area (Å²) in [7, 11) is 0. The molecule has 2 aromatic rings. The van der Waals surface area contributed by atoms with Crippen LogP contribution in [0.1, 0.15) is 42.7 Å². The third kappa shape index (κ3) is 3.03. The van der Waals surface area contributed by atoms with E-state index in [9.17, 15) is 0 Å². The molecule has 4 heteroatoms. The number of aromatic nitrogens is 1. The summed E-state index contributed by atoms with van der Waals surface area (Å²) in [4.78, 5) is 4.45. The largest absolute Gasteiger partial charge is 0.271 e. The molecule has 0 bridgehead atoms. The van der Waals surface area contributed by atoms with Gasteiger partial charge in [0.25, 0.3) is 0 Å². The Hall–Kier alpha value is -1.23. The lowest BCUT2D eigenvalue weighted by Crippen LogP contribution is -2.53. The Morgan fingerprint density at radius 3 is 2.57 bits per heavy atom. The topological polar surface area (TPSA) is 50.9 Å². The van der Waals surface area contributed by atoms with Crippen LogP contribution in [0.15, 0.2) is 41.9 Å². The van der Waals surface area contributed by atoms with Gasteiger partial charge in [0, 0.05) is 29.5 Å². The molecule has 0 spiro atoms. The van der Waals surface area contributed by atoms with Crippen molar-refractivity contribution < 1.29 is 0 Å². The van der Waals surface area contributed by atoms with Gasteiger partial charge in [-0.15, -0.1) is 11.3 Å². The Bertz CT molecular complexity index is 532. The standard InChI is InChI=1S/C17H23N3S/c18-20-15(13-16-19-11-12-21-16)17(9-5-2-6-10-17)14-7-3-1-4-8-14/h1,3-4,7-8,11-12,15,20H,2,5-6,9-10,13,18H2. The third-order valence-corrected chi connectivity index (χ3v) is 5.63. The van der Waals surface area contributed by atoms with Gasteiger partial charge in [-0.25, -0.2) is 4.98 Å². The summed E-state index contributed by atoms with van der Waals surface area (Å²) in [5.74, 6) is 5.97.